The van der Waals surface area contributed by atoms with E-state index in [2.05, 4.69) is 22.1 Å². The fraction of sp³-hybridized carbons (Fsp3) is 0.222. The molecule has 2 N–H and O–H groups in total. The van der Waals surface area contributed by atoms with E-state index in [-0.39, 0.29) is 22.2 Å². The number of unbranched alkanes of at least 4 members (excludes halogenated alkanes) is 2. The van der Waals surface area contributed by atoms with Crippen molar-refractivity contribution < 1.29 is 18.3 Å². The van der Waals surface area contributed by atoms with Crippen LogP contribution in [0.25, 0.3) is 10.9 Å². The van der Waals surface area contributed by atoms with E-state index < -0.39 is 22.5 Å². The molecule has 0 fully saturated rings. The minimum atomic E-state index is -4.11. The molecular formula is C27H27ClN4O4S. The van der Waals surface area contributed by atoms with Crippen LogP contribution in [0.5, 0.6) is 5.88 Å². The zero-order valence-corrected chi connectivity index (χ0v) is 21.8. The number of nitrogens with zero attached hydrogens (tertiary/aromatic N) is 3. The highest BCUT2D eigenvalue weighted by molar-refractivity contribution is 7.92. The number of halogens is 1. The van der Waals surface area contributed by atoms with E-state index in [0.29, 0.717) is 15.9 Å². The summed E-state index contributed by atoms with van der Waals surface area (Å²) < 4.78 is 28.2. The third-order valence-electron chi connectivity index (χ3n) is 5.89. The third kappa shape index (κ3) is 6.18. The molecule has 0 saturated carbocycles. The summed E-state index contributed by atoms with van der Waals surface area (Å²) in [6.07, 6.45) is 4.12. The first-order valence-electron chi connectivity index (χ1n) is 11.9. The first-order chi connectivity index (χ1) is 17.8. The molecule has 0 bridgehead atoms. The molecule has 10 heteroatoms. The molecule has 1 heterocycles. The number of hydrogen-bond donors (Lipinski definition) is 2. The van der Waals surface area contributed by atoms with Crippen LogP contribution >= 0.6 is 11.6 Å². The lowest BCUT2D eigenvalue weighted by atomic mass is 10.1. The number of carbonyl (C=O) groups is 1. The molecule has 4 rings (SSSR count). The Morgan fingerprint density at radius 2 is 1.70 bits per heavy atom. The van der Waals surface area contributed by atoms with Crippen molar-refractivity contribution in [2.75, 3.05) is 10.8 Å². The second kappa shape index (κ2) is 11.6. The molecule has 1 aromatic heterocycles. The predicted octanol–water partition coefficient (Wildman–Crippen LogP) is 6.77. The van der Waals surface area contributed by atoms with Gasteiger partial charge in [0.2, 0.25) is 5.88 Å². The summed E-state index contributed by atoms with van der Waals surface area (Å²) in [5, 5.41) is 18.8. The Balaban J connectivity index is 1.61. The van der Waals surface area contributed by atoms with Crippen molar-refractivity contribution in [3.63, 3.8) is 0 Å². The van der Waals surface area contributed by atoms with Crippen molar-refractivity contribution in [1.82, 2.24) is 4.98 Å². The first-order valence-corrected chi connectivity index (χ1v) is 13.7. The van der Waals surface area contributed by atoms with E-state index in [1.54, 1.807) is 60.7 Å². The molecule has 0 aliphatic heterocycles. The number of rotatable bonds is 10. The van der Waals surface area contributed by atoms with Crippen LogP contribution in [0.3, 0.4) is 0 Å². The van der Waals surface area contributed by atoms with Crippen molar-refractivity contribution >= 4 is 49.8 Å². The topological polar surface area (TPSA) is 115 Å². The Bertz CT molecular complexity index is 1510. The van der Waals surface area contributed by atoms with E-state index in [4.69, 9.17) is 11.6 Å². The number of aromatic amines is 1. The number of carbonyl (C=O) groups excluding carboxylic acids is 1. The number of para-hydroxylation sites is 1. The Labute approximate surface area is 220 Å². The highest BCUT2D eigenvalue weighted by Crippen LogP contribution is 2.35. The van der Waals surface area contributed by atoms with Gasteiger partial charge in [-0.25, -0.2) is 8.42 Å². The highest BCUT2D eigenvalue weighted by Gasteiger charge is 2.27. The average molecular weight is 539 g/mol. The lowest BCUT2D eigenvalue weighted by Crippen LogP contribution is -2.35. The van der Waals surface area contributed by atoms with Crippen molar-refractivity contribution in [1.29, 1.82) is 0 Å². The number of sulfonamides is 1. The number of fused-ring (bicyclic) bond motifs is 1. The number of aromatic nitrogens is 1. The van der Waals surface area contributed by atoms with Crippen molar-refractivity contribution in [2.45, 2.75) is 37.5 Å². The van der Waals surface area contributed by atoms with Gasteiger partial charge in [-0.15, -0.1) is 10.2 Å². The van der Waals surface area contributed by atoms with Gasteiger partial charge in [0, 0.05) is 10.4 Å². The third-order valence-corrected chi connectivity index (χ3v) is 7.93. The van der Waals surface area contributed by atoms with Crippen LogP contribution in [-0.4, -0.2) is 31.0 Å². The number of amides is 1. The van der Waals surface area contributed by atoms with E-state index in [0.717, 1.165) is 35.6 Å². The van der Waals surface area contributed by atoms with Crippen LogP contribution in [0.1, 0.15) is 31.7 Å². The molecule has 0 atom stereocenters. The second-order valence-corrected chi connectivity index (χ2v) is 10.8. The number of aryl methyl sites for hydroxylation is 1. The normalized spacial score (nSPS) is 11.8. The highest BCUT2D eigenvalue weighted by atomic mass is 35.5. The first kappa shape index (κ1) is 26.4. The summed E-state index contributed by atoms with van der Waals surface area (Å²) in [7, 11) is -4.11. The van der Waals surface area contributed by atoms with Gasteiger partial charge in [0.15, 0.2) is 5.69 Å². The number of nitrogens with one attached hydrogen (secondary N) is 1. The predicted molar refractivity (Wildman–Crippen MR) is 145 cm³/mol. The Morgan fingerprint density at radius 1 is 1.00 bits per heavy atom. The maximum absolute atomic E-state index is 13.6. The molecule has 37 heavy (non-hydrogen) atoms. The van der Waals surface area contributed by atoms with Crippen LogP contribution in [0.4, 0.5) is 11.4 Å². The van der Waals surface area contributed by atoms with Crippen LogP contribution in [-0.2, 0) is 21.2 Å². The van der Waals surface area contributed by atoms with E-state index in [1.807, 2.05) is 0 Å². The standard InChI is InChI=1S/C27H27ClN4O4S/c1-2-3-4-7-19-10-16-22(17-11-19)37(35,36)32(21-14-12-20(28)13-15-21)18-25(33)30-31-26-23-8-5-6-9-24(23)29-27(26)34/h5-6,8-17,29,34H,2-4,7,18H2,1H3. The van der Waals surface area contributed by atoms with Gasteiger partial charge in [-0.3, -0.25) is 9.10 Å². The van der Waals surface area contributed by atoms with Gasteiger partial charge in [0.05, 0.1) is 16.1 Å². The SMILES string of the molecule is CCCCCc1ccc(S(=O)(=O)N(CC(=O)N=Nc2c(O)[nH]c3ccccc23)c2ccc(Cl)cc2)cc1. The van der Waals surface area contributed by atoms with E-state index in [9.17, 15) is 18.3 Å². The Morgan fingerprint density at radius 3 is 2.41 bits per heavy atom. The lowest BCUT2D eigenvalue weighted by Gasteiger charge is -2.23. The second-order valence-electron chi connectivity index (χ2n) is 8.55. The smallest absolute Gasteiger partial charge is 0.285 e. The molecule has 192 valence electrons. The number of aromatic hydroxyl groups is 1. The summed E-state index contributed by atoms with van der Waals surface area (Å²) in [5.74, 6) is -1.04. The van der Waals surface area contributed by atoms with Gasteiger partial charge in [-0.05, 0) is 60.9 Å². The molecule has 0 aliphatic carbocycles. The molecular weight excluding hydrogens is 512 g/mol. The molecule has 0 aliphatic rings. The van der Waals surface area contributed by atoms with Crippen LogP contribution < -0.4 is 4.31 Å². The molecule has 8 nitrogen and oxygen atoms in total. The molecule has 0 unspecified atom stereocenters. The number of azo groups is 1. The molecule has 0 spiro atoms. The maximum Gasteiger partial charge on any atom is 0.285 e. The van der Waals surface area contributed by atoms with Crippen molar-refractivity contribution in [3.8, 4) is 5.88 Å². The summed E-state index contributed by atoms with van der Waals surface area (Å²) in [5.41, 5.74) is 2.04. The molecule has 0 radical (unpaired) electrons. The Hall–Kier alpha value is -3.69. The van der Waals surface area contributed by atoms with E-state index >= 15 is 0 Å². The maximum atomic E-state index is 13.6. The molecule has 4 aromatic rings. The minimum Gasteiger partial charge on any atom is -0.493 e. The summed E-state index contributed by atoms with van der Waals surface area (Å²) >= 11 is 6.00. The van der Waals surface area contributed by atoms with Crippen LogP contribution in [0, 0.1) is 0 Å². The zero-order valence-electron chi connectivity index (χ0n) is 20.3. The molecule has 0 saturated heterocycles. The van der Waals surface area contributed by atoms with Gasteiger partial charge in [0.25, 0.3) is 15.9 Å². The van der Waals surface area contributed by atoms with E-state index in [1.165, 1.54) is 12.1 Å². The fourth-order valence-corrected chi connectivity index (χ4v) is 5.47. The quantitative estimate of drug-likeness (QED) is 0.171. The van der Waals surface area contributed by atoms with Crippen LogP contribution in [0.2, 0.25) is 5.02 Å². The van der Waals surface area contributed by atoms with Gasteiger partial charge < -0.3 is 10.1 Å². The average Bonchev–Trinajstić information content (AvgIpc) is 3.22. The molecule has 3 aromatic carbocycles. The van der Waals surface area contributed by atoms with Gasteiger partial charge in [-0.1, -0.05) is 61.7 Å². The lowest BCUT2D eigenvalue weighted by molar-refractivity contribution is -0.116. The summed E-state index contributed by atoms with van der Waals surface area (Å²) in [6, 6.07) is 19.9. The number of hydrogen-bond acceptors (Lipinski definition) is 5. The van der Waals surface area contributed by atoms with Crippen molar-refractivity contribution in [2.24, 2.45) is 10.2 Å². The van der Waals surface area contributed by atoms with Gasteiger partial charge >= 0.3 is 0 Å². The fourth-order valence-electron chi connectivity index (χ4n) is 3.93. The summed E-state index contributed by atoms with van der Waals surface area (Å²) in [4.78, 5) is 15.6. The number of anilines is 1. The summed E-state index contributed by atoms with van der Waals surface area (Å²) in [6.45, 7) is 1.54. The van der Waals surface area contributed by atoms with Gasteiger partial charge in [-0.2, -0.15) is 0 Å². The number of H-pyrrole nitrogens is 1. The zero-order chi connectivity index (χ0) is 26.4. The van der Waals surface area contributed by atoms with Gasteiger partial charge in [0.1, 0.15) is 6.54 Å². The monoisotopic (exact) mass is 538 g/mol. The Kier molecular flexibility index (Phi) is 8.25. The minimum absolute atomic E-state index is 0.0562. The molecule has 1 amide bonds. The largest absolute Gasteiger partial charge is 0.493 e. The van der Waals surface area contributed by atoms with Crippen molar-refractivity contribution in [3.05, 3.63) is 83.4 Å². The van der Waals surface area contributed by atoms with Crippen LogP contribution in [0.15, 0.2) is 87.9 Å². The number of benzene rings is 3.